The Morgan fingerprint density at radius 3 is 1.67 bits per heavy atom. The summed E-state index contributed by atoms with van der Waals surface area (Å²) >= 11 is 6.68. The van der Waals surface area contributed by atoms with Crippen LogP contribution >= 0.6 is 31.9 Å². The van der Waals surface area contributed by atoms with Crippen molar-refractivity contribution >= 4 is 73.7 Å². The van der Waals surface area contributed by atoms with Gasteiger partial charge in [-0.05, 0) is 82.1 Å². The summed E-state index contributed by atoms with van der Waals surface area (Å²) in [4.78, 5) is 19.0. The van der Waals surface area contributed by atoms with Crippen molar-refractivity contribution in [1.82, 2.24) is 17.9 Å². The highest BCUT2D eigenvalue weighted by atomic mass is 79.9. The normalized spacial score (nSPS) is 11.8. The molecule has 0 aliphatic rings. The number of H-pyrrole nitrogens is 1. The topological polar surface area (TPSA) is 133 Å². The first-order valence-electron chi connectivity index (χ1n) is 12.6. The van der Waals surface area contributed by atoms with E-state index >= 15 is 0 Å². The van der Waals surface area contributed by atoms with Crippen LogP contribution < -0.4 is 10.3 Å². The zero-order valence-electron chi connectivity index (χ0n) is 22.9. The van der Waals surface area contributed by atoms with Crippen LogP contribution in [0.5, 0.6) is 5.88 Å². The van der Waals surface area contributed by atoms with E-state index in [1.54, 1.807) is 54.7 Å². The van der Waals surface area contributed by atoms with Crippen LogP contribution in [0.2, 0.25) is 0 Å². The molecule has 0 radical (unpaired) electrons. The molecule has 0 unspecified atom stereocenters. The van der Waals surface area contributed by atoms with Crippen molar-refractivity contribution in [2.75, 3.05) is 7.11 Å². The molecule has 1 N–H and O–H groups in total. The number of methoxy groups -OCH3 is 1. The zero-order chi connectivity index (χ0) is 31.1. The van der Waals surface area contributed by atoms with Crippen LogP contribution in [0.3, 0.4) is 0 Å². The molecule has 0 amide bonds. The van der Waals surface area contributed by atoms with Crippen molar-refractivity contribution < 1.29 is 21.6 Å². The minimum atomic E-state index is -3.80. The second-order valence-electron chi connectivity index (χ2n) is 9.47. The van der Waals surface area contributed by atoms with Gasteiger partial charge in [0, 0.05) is 44.5 Å². The molecule has 0 atom stereocenters. The Bertz CT molecular complexity index is 2260. The van der Waals surface area contributed by atoms with E-state index in [1.165, 1.54) is 41.8 Å². The summed E-state index contributed by atoms with van der Waals surface area (Å²) in [5.41, 5.74) is 2.03. The molecule has 2 aromatic carbocycles. The maximum absolute atomic E-state index is 12.9. The van der Waals surface area contributed by atoms with Gasteiger partial charge in [0.05, 0.1) is 16.9 Å². The monoisotopic (exact) mass is 746 g/mol. The summed E-state index contributed by atoms with van der Waals surface area (Å²) in [6, 6.07) is 16.5. The van der Waals surface area contributed by atoms with Crippen LogP contribution in [0.1, 0.15) is 11.1 Å². The molecular weight excluding hydrogens is 724 g/mol. The third-order valence-electron chi connectivity index (χ3n) is 6.61. The number of aryl methyl sites for hydroxylation is 2. The van der Waals surface area contributed by atoms with Crippen LogP contribution in [0.15, 0.2) is 109 Å². The molecule has 6 rings (SSSR count). The number of ether oxygens (including phenoxy) is 1. The van der Waals surface area contributed by atoms with E-state index in [9.17, 15) is 21.6 Å². The molecule has 6 aromatic rings. The number of aromatic nitrogens is 4. The van der Waals surface area contributed by atoms with Gasteiger partial charge >= 0.3 is 0 Å². The summed E-state index contributed by atoms with van der Waals surface area (Å²) in [5, 5.41) is 1.27. The summed E-state index contributed by atoms with van der Waals surface area (Å²) < 4.78 is 59.9. The summed E-state index contributed by atoms with van der Waals surface area (Å²) in [6.07, 6.45) is 5.98. The molecule has 222 valence electrons. The predicted molar refractivity (Wildman–Crippen MR) is 172 cm³/mol. The van der Waals surface area contributed by atoms with Crippen LogP contribution in [0.4, 0.5) is 0 Å². The molecule has 0 saturated carbocycles. The maximum atomic E-state index is 12.9. The van der Waals surface area contributed by atoms with Crippen molar-refractivity contribution in [1.29, 1.82) is 0 Å². The maximum Gasteiger partial charge on any atom is 0.273 e. The number of fused-ring (bicyclic) bond motifs is 2. The van der Waals surface area contributed by atoms with Gasteiger partial charge < -0.3 is 9.72 Å². The molecule has 43 heavy (non-hydrogen) atoms. The molecule has 14 heteroatoms. The van der Waals surface area contributed by atoms with Gasteiger partial charge in [0.1, 0.15) is 11.0 Å². The number of pyridine rings is 2. The predicted octanol–water partition coefficient (Wildman–Crippen LogP) is 5.99. The van der Waals surface area contributed by atoms with Crippen molar-refractivity contribution in [2.24, 2.45) is 0 Å². The fraction of sp³-hybridized carbons (Fsp3) is 0.103. The standard InChI is InChI=1S/C15H13BrN2O3S.C14H11BrN2O3S/c1-10-3-5-11(6-4-10)22(19,20)18-8-7-12-13(16)9-17-15(21-2)14(12)18;1-9-2-4-10(5-3-9)21(19,20)17-7-6-11-12(15)8-16-14(18)13(11)17/h3-9H,1-2H3;2-8H,1H3,(H,16,18). The molecule has 4 aromatic heterocycles. The fourth-order valence-electron chi connectivity index (χ4n) is 4.36. The van der Waals surface area contributed by atoms with Gasteiger partial charge in [-0.15, -0.1) is 0 Å². The third kappa shape index (κ3) is 5.67. The van der Waals surface area contributed by atoms with Gasteiger partial charge in [0.15, 0.2) is 0 Å². The van der Waals surface area contributed by atoms with Gasteiger partial charge in [-0.3, -0.25) is 4.79 Å². The third-order valence-corrected chi connectivity index (χ3v) is 11.3. The van der Waals surface area contributed by atoms with Gasteiger partial charge in [-0.2, -0.15) is 0 Å². The highest BCUT2D eigenvalue weighted by Crippen LogP contribution is 2.33. The van der Waals surface area contributed by atoms with Gasteiger partial charge in [0.25, 0.3) is 25.6 Å². The Labute approximate surface area is 264 Å². The van der Waals surface area contributed by atoms with E-state index in [-0.39, 0.29) is 21.2 Å². The molecule has 0 fully saturated rings. The van der Waals surface area contributed by atoms with Crippen molar-refractivity contribution in [3.8, 4) is 5.88 Å². The lowest BCUT2D eigenvalue weighted by Crippen LogP contribution is -2.17. The number of aromatic amines is 1. The fourth-order valence-corrected chi connectivity index (χ4v) is 7.92. The van der Waals surface area contributed by atoms with E-state index in [2.05, 4.69) is 41.8 Å². The number of nitrogens with zero attached hydrogens (tertiary/aromatic N) is 3. The second-order valence-corrected chi connectivity index (χ2v) is 14.8. The Hall–Kier alpha value is -3.72. The lowest BCUT2D eigenvalue weighted by molar-refractivity contribution is 0.402. The first kappa shape index (κ1) is 30.7. The van der Waals surface area contributed by atoms with Crippen LogP contribution in [0.25, 0.3) is 21.8 Å². The lowest BCUT2D eigenvalue weighted by atomic mass is 10.2. The first-order chi connectivity index (χ1) is 20.4. The molecule has 0 spiro atoms. The van der Waals surface area contributed by atoms with Gasteiger partial charge in [0.2, 0.25) is 5.88 Å². The molecule has 4 heterocycles. The minimum absolute atomic E-state index is 0.102. The number of benzene rings is 2. The molecule has 0 bridgehead atoms. The molecule has 0 aliphatic heterocycles. The number of hydrogen-bond acceptors (Lipinski definition) is 7. The van der Waals surface area contributed by atoms with Crippen LogP contribution in [0, 0.1) is 13.8 Å². The van der Waals surface area contributed by atoms with E-state index < -0.39 is 25.6 Å². The molecule has 0 saturated heterocycles. The van der Waals surface area contributed by atoms with Crippen LogP contribution in [-0.4, -0.2) is 41.9 Å². The van der Waals surface area contributed by atoms with E-state index in [4.69, 9.17) is 4.74 Å². The number of rotatable bonds is 5. The summed E-state index contributed by atoms with van der Waals surface area (Å²) in [7, 11) is -6.05. The smallest absolute Gasteiger partial charge is 0.273 e. The van der Waals surface area contributed by atoms with E-state index in [0.29, 0.717) is 19.8 Å². The van der Waals surface area contributed by atoms with Crippen molar-refractivity contribution in [3.63, 3.8) is 0 Å². The van der Waals surface area contributed by atoms with E-state index in [1.807, 2.05) is 13.8 Å². The minimum Gasteiger partial charge on any atom is -0.479 e. The highest BCUT2D eigenvalue weighted by molar-refractivity contribution is 9.11. The summed E-state index contributed by atoms with van der Waals surface area (Å²) in [6.45, 7) is 3.79. The largest absolute Gasteiger partial charge is 0.479 e. The average Bonchev–Trinajstić information content (AvgIpc) is 3.64. The second kappa shape index (κ2) is 11.8. The Balaban J connectivity index is 0.000000171. The van der Waals surface area contributed by atoms with Crippen molar-refractivity contribution in [3.05, 3.63) is 116 Å². The van der Waals surface area contributed by atoms with Crippen molar-refractivity contribution in [2.45, 2.75) is 23.6 Å². The quantitative estimate of drug-likeness (QED) is 0.229. The van der Waals surface area contributed by atoms with Gasteiger partial charge in [-0.25, -0.2) is 29.8 Å². The summed E-state index contributed by atoms with van der Waals surface area (Å²) in [5.74, 6) is 0.263. The Morgan fingerprint density at radius 2 is 1.19 bits per heavy atom. The van der Waals surface area contributed by atoms with E-state index in [0.717, 1.165) is 20.5 Å². The molecule has 10 nitrogen and oxygen atoms in total. The SMILES string of the molecule is COc1ncc(Br)c2ccn(S(=O)(=O)c3ccc(C)cc3)c12.Cc1ccc(S(=O)(=O)n2ccc3c(Br)c[nH]c(=O)c32)cc1. The zero-order valence-corrected chi connectivity index (χ0v) is 27.8. The highest BCUT2D eigenvalue weighted by Gasteiger charge is 2.23. The van der Waals surface area contributed by atoms with Gasteiger partial charge in [-0.1, -0.05) is 35.4 Å². The lowest BCUT2D eigenvalue weighted by Gasteiger charge is -2.10. The molecular formula is C29H24Br2N4O6S2. The first-order valence-corrected chi connectivity index (χ1v) is 17.0. The Kier molecular flexibility index (Phi) is 8.40. The number of hydrogen-bond donors (Lipinski definition) is 1. The van der Waals surface area contributed by atoms with Crippen LogP contribution in [-0.2, 0) is 20.0 Å². The Morgan fingerprint density at radius 1 is 0.721 bits per heavy atom. The average molecular weight is 748 g/mol. The number of nitrogens with one attached hydrogen (secondary N) is 1. The molecule has 0 aliphatic carbocycles. The number of halogens is 2.